The summed E-state index contributed by atoms with van der Waals surface area (Å²) in [5, 5.41) is 0.0815. The molecule has 2 N–H and O–H groups in total. The number of halogens is 2. The van der Waals surface area contributed by atoms with Gasteiger partial charge in [0.05, 0.1) is 5.02 Å². The van der Waals surface area contributed by atoms with E-state index >= 15 is 0 Å². The number of rotatable bonds is 4. The van der Waals surface area contributed by atoms with Gasteiger partial charge in [-0.05, 0) is 18.2 Å². The lowest BCUT2D eigenvalue weighted by molar-refractivity contribution is 0.300. The molecule has 0 saturated heterocycles. The Morgan fingerprint density at radius 3 is 2.74 bits per heavy atom. The zero-order valence-corrected chi connectivity index (χ0v) is 11.5. The number of hydrogen-bond donors (Lipinski definition) is 1. The van der Waals surface area contributed by atoms with Crippen LogP contribution in [0.25, 0.3) is 0 Å². The molecular formula is C14H11ClFNOS. The molecule has 0 fully saturated rings. The van der Waals surface area contributed by atoms with Crippen molar-refractivity contribution in [2.45, 2.75) is 6.61 Å². The average molecular weight is 296 g/mol. The van der Waals surface area contributed by atoms with Crippen LogP contribution >= 0.6 is 23.8 Å². The summed E-state index contributed by atoms with van der Waals surface area (Å²) in [6.07, 6.45) is 0. The van der Waals surface area contributed by atoms with E-state index in [-0.39, 0.29) is 11.6 Å². The molecule has 19 heavy (non-hydrogen) atoms. The van der Waals surface area contributed by atoms with Gasteiger partial charge in [-0.2, -0.15) is 0 Å². The highest BCUT2D eigenvalue weighted by Gasteiger charge is 2.07. The molecular weight excluding hydrogens is 285 g/mol. The van der Waals surface area contributed by atoms with E-state index in [0.29, 0.717) is 21.9 Å². The first kappa shape index (κ1) is 13.8. The van der Waals surface area contributed by atoms with Crippen molar-refractivity contribution in [2.75, 3.05) is 0 Å². The Bertz CT molecular complexity index is 618. The molecule has 0 spiro atoms. The van der Waals surface area contributed by atoms with Gasteiger partial charge in [-0.1, -0.05) is 48.1 Å². The van der Waals surface area contributed by atoms with Crippen LogP contribution in [0.2, 0.25) is 5.02 Å². The fourth-order valence-corrected chi connectivity index (χ4v) is 1.88. The quantitative estimate of drug-likeness (QED) is 0.874. The highest BCUT2D eigenvalue weighted by molar-refractivity contribution is 7.80. The topological polar surface area (TPSA) is 35.2 Å². The van der Waals surface area contributed by atoms with Crippen molar-refractivity contribution in [3.05, 3.63) is 64.4 Å². The van der Waals surface area contributed by atoms with Crippen LogP contribution in [-0.2, 0) is 6.61 Å². The molecule has 0 unspecified atom stereocenters. The van der Waals surface area contributed by atoms with Gasteiger partial charge in [0.25, 0.3) is 0 Å². The Balaban J connectivity index is 2.12. The van der Waals surface area contributed by atoms with Crippen molar-refractivity contribution in [1.82, 2.24) is 0 Å². The molecule has 0 heterocycles. The standard InChI is InChI=1S/C14H11ClFNOS/c15-12-6-2-4-10(13(12)16)8-18-11-5-1-3-9(7-11)14(17)19/h1-7H,8H2,(H2,17,19). The summed E-state index contributed by atoms with van der Waals surface area (Å²) >= 11 is 10.6. The fraction of sp³-hybridized carbons (Fsp3) is 0.0714. The highest BCUT2D eigenvalue weighted by Crippen LogP contribution is 2.20. The molecule has 0 radical (unpaired) electrons. The summed E-state index contributed by atoms with van der Waals surface area (Å²) in [5.74, 6) is 0.111. The fourth-order valence-electron chi connectivity index (χ4n) is 1.56. The van der Waals surface area contributed by atoms with E-state index in [1.807, 2.05) is 0 Å². The molecule has 98 valence electrons. The second-order valence-electron chi connectivity index (χ2n) is 3.89. The molecule has 2 rings (SSSR count). The maximum atomic E-state index is 13.7. The minimum atomic E-state index is -0.463. The van der Waals surface area contributed by atoms with E-state index < -0.39 is 5.82 Å². The molecule has 2 aromatic rings. The van der Waals surface area contributed by atoms with E-state index in [4.69, 9.17) is 34.3 Å². The van der Waals surface area contributed by atoms with Crippen molar-refractivity contribution < 1.29 is 9.13 Å². The molecule has 0 bridgehead atoms. The molecule has 5 heteroatoms. The molecule has 0 amide bonds. The SMILES string of the molecule is NC(=S)c1cccc(OCc2cccc(Cl)c2F)c1. The average Bonchev–Trinajstić information content (AvgIpc) is 2.41. The monoisotopic (exact) mass is 295 g/mol. The highest BCUT2D eigenvalue weighted by atomic mass is 35.5. The van der Waals surface area contributed by atoms with Crippen molar-refractivity contribution in [3.63, 3.8) is 0 Å². The van der Waals surface area contributed by atoms with Gasteiger partial charge in [0, 0.05) is 11.1 Å². The summed E-state index contributed by atoms with van der Waals surface area (Å²) in [4.78, 5) is 0.291. The molecule has 0 aromatic heterocycles. The number of benzene rings is 2. The third-order valence-corrected chi connectivity index (χ3v) is 3.07. The van der Waals surface area contributed by atoms with Crippen LogP contribution < -0.4 is 10.5 Å². The minimum absolute atomic E-state index is 0.0815. The van der Waals surface area contributed by atoms with Gasteiger partial charge in [0.15, 0.2) is 0 Å². The van der Waals surface area contributed by atoms with Crippen LogP contribution in [0.3, 0.4) is 0 Å². The van der Waals surface area contributed by atoms with Gasteiger partial charge in [0.2, 0.25) is 0 Å². The Hall–Kier alpha value is -1.65. The molecule has 2 aromatic carbocycles. The lowest BCUT2D eigenvalue weighted by atomic mass is 10.2. The van der Waals surface area contributed by atoms with Gasteiger partial charge in [-0.25, -0.2) is 4.39 Å². The molecule has 0 saturated carbocycles. The summed E-state index contributed by atoms with van der Waals surface area (Å²) in [6.45, 7) is 0.0905. The predicted molar refractivity (Wildman–Crippen MR) is 78.1 cm³/mol. The van der Waals surface area contributed by atoms with Crippen LogP contribution in [0.15, 0.2) is 42.5 Å². The normalized spacial score (nSPS) is 10.2. The van der Waals surface area contributed by atoms with Crippen molar-refractivity contribution in [1.29, 1.82) is 0 Å². The smallest absolute Gasteiger partial charge is 0.148 e. The summed E-state index contributed by atoms with van der Waals surface area (Å²) < 4.78 is 19.2. The van der Waals surface area contributed by atoms with E-state index in [1.54, 1.807) is 36.4 Å². The number of nitrogens with two attached hydrogens (primary N) is 1. The third-order valence-electron chi connectivity index (χ3n) is 2.54. The zero-order valence-electron chi connectivity index (χ0n) is 9.90. The van der Waals surface area contributed by atoms with E-state index in [9.17, 15) is 4.39 Å². The Morgan fingerprint density at radius 2 is 2.00 bits per heavy atom. The van der Waals surface area contributed by atoms with Crippen molar-refractivity contribution >= 4 is 28.8 Å². The second-order valence-corrected chi connectivity index (χ2v) is 4.74. The maximum Gasteiger partial charge on any atom is 0.148 e. The van der Waals surface area contributed by atoms with Crippen LogP contribution in [-0.4, -0.2) is 4.99 Å². The van der Waals surface area contributed by atoms with Crippen LogP contribution in [0.4, 0.5) is 4.39 Å². The molecule has 2 nitrogen and oxygen atoms in total. The number of hydrogen-bond acceptors (Lipinski definition) is 2. The van der Waals surface area contributed by atoms with E-state index in [2.05, 4.69) is 0 Å². The largest absolute Gasteiger partial charge is 0.489 e. The lowest BCUT2D eigenvalue weighted by Gasteiger charge is -2.09. The Labute approximate surface area is 120 Å². The van der Waals surface area contributed by atoms with Gasteiger partial charge >= 0.3 is 0 Å². The second kappa shape index (κ2) is 5.99. The van der Waals surface area contributed by atoms with Crippen LogP contribution in [0.1, 0.15) is 11.1 Å². The summed E-state index contributed by atoms with van der Waals surface area (Å²) in [6, 6.07) is 11.8. The molecule has 0 atom stereocenters. The van der Waals surface area contributed by atoms with E-state index in [0.717, 1.165) is 0 Å². The third kappa shape index (κ3) is 3.43. The van der Waals surface area contributed by atoms with Gasteiger partial charge < -0.3 is 10.5 Å². The lowest BCUT2D eigenvalue weighted by Crippen LogP contribution is -2.09. The Kier molecular flexibility index (Phi) is 4.35. The van der Waals surface area contributed by atoms with E-state index in [1.165, 1.54) is 6.07 Å². The predicted octanol–water partition coefficient (Wildman–Crippen LogP) is 3.69. The minimum Gasteiger partial charge on any atom is -0.489 e. The number of ether oxygens (including phenoxy) is 1. The van der Waals surface area contributed by atoms with Gasteiger partial charge in [-0.3, -0.25) is 0 Å². The summed E-state index contributed by atoms with van der Waals surface area (Å²) in [7, 11) is 0. The first-order chi connectivity index (χ1) is 9.08. The molecule has 0 aliphatic rings. The first-order valence-electron chi connectivity index (χ1n) is 5.53. The molecule has 0 aliphatic heterocycles. The number of thiocarbonyl (C=S) groups is 1. The maximum absolute atomic E-state index is 13.7. The van der Waals surface area contributed by atoms with Crippen molar-refractivity contribution in [2.24, 2.45) is 5.73 Å². The zero-order chi connectivity index (χ0) is 13.8. The first-order valence-corrected chi connectivity index (χ1v) is 6.32. The molecule has 0 aliphatic carbocycles. The van der Waals surface area contributed by atoms with Crippen LogP contribution in [0.5, 0.6) is 5.75 Å². The summed E-state index contributed by atoms with van der Waals surface area (Å²) in [5.41, 5.74) is 6.64. The van der Waals surface area contributed by atoms with Gasteiger partial charge in [0.1, 0.15) is 23.2 Å². The Morgan fingerprint density at radius 1 is 1.26 bits per heavy atom. The van der Waals surface area contributed by atoms with Gasteiger partial charge in [-0.15, -0.1) is 0 Å². The van der Waals surface area contributed by atoms with Crippen molar-refractivity contribution in [3.8, 4) is 5.75 Å². The van der Waals surface area contributed by atoms with Crippen LogP contribution in [0, 0.1) is 5.82 Å².